The molecule has 4 heteroatoms. The fraction of sp³-hybridized carbons (Fsp3) is 0.333. The Kier molecular flexibility index (Phi) is 2.51. The molecule has 0 saturated carbocycles. The zero-order chi connectivity index (χ0) is 10.0. The monoisotopic (exact) mass is 180 g/mol. The predicted octanol–water partition coefficient (Wildman–Crippen LogP) is 1.24. The van der Waals surface area contributed by atoms with Crippen molar-refractivity contribution in [2.75, 3.05) is 7.11 Å². The molecule has 13 heavy (non-hydrogen) atoms. The highest BCUT2D eigenvalue weighted by atomic mass is 16.5. The van der Waals surface area contributed by atoms with E-state index in [0.29, 0.717) is 11.5 Å². The van der Waals surface area contributed by atoms with E-state index >= 15 is 0 Å². The van der Waals surface area contributed by atoms with Gasteiger partial charge >= 0.3 is 5.97 Å². The minimum atomic E-state index is -0.428. The van der Waals surface area contributed by atoms with Crippen LogP contribution in [0.3, 0.4) is 0 Å². The van der Waals surface area contributed by atoms with Gasteiger partial charge in [0, 0.05) is 13.2 Å². The molecule has 0 spiro atoms. The Hall–Kier alpha value is -1.58. The summed E-state index contributed by atoms with van der Waals surface area (Å²) in [7, 11) is 3.14. The van der Waals surface area contributed by atoms with Crippen molar-refractivity contribution < 1.29 is 9.53 Å². The molecular formula is C9H12N2O2. The van der Waals surface area contributed by atoms with E-state index in [-0.39, 0.29) is 0 Å². The van der Waals surface area contributed by atoms with Gasteiger partial charge in [-0.1, -0.05) is 6.58 Å². The van der Waals surface area contributed by atoms with Crippen LogP contribution < -0.4 is 0 Å². The molecule has 0 aliphatic carbocycles. The number of imidazole rings is 1. The molecular weight excluding hydrogens is 168 g/mol. The average molecular weight is 180 g/mol. The maximum Gasteiger partial charge on any atom is 0.358 e. The van der Waals surface area contributed by atoms with E-state index in [4.69, 9.17) is 0 Å². The van der Waals surface area contributed by atoms with Crippen molar-refractivity contribution in [3.63, 3.8) is 0 Å². The van der Waals surface area contributed by atoms with Gasteiger partial charge in [-0.2, -0.15) is 0 Å². The summed E-state index contributed by atoms with van der Waals surface area (Å²) >= 11 is 0. The smallest absolute Gasteiger partial charge is 0.358 e. The van der Waals surface area contributed by atoms with E-state index in [2.05, 4.69) is 16.3 Å². The molecule has 0 N–H and O–H groups in total. The zero-order valence-electron chi connectivity index (χ0n) is 8.00. The molecule has 0 bridgehead atoms. The van der Waals surface area contributed by atoms with E-state index in [1.165, 1.54) is 7.11 Å². The SMILES string of the molecule is C=C(C)c1nc(C(=O)OC)cn1C. The number of rotatable bonds is 2. The van der Waals surface area contributed by atoms with Crippen molar-refractivity contribution in [1.82, 2.24) is 9.55 Å². The van der Waals surface area contributed by atoms with Gasteiger partial charge in [0.15, 0.2) is 5.69 Å². The van der Waals surface area contributed by atoms with E-state index in [0.717, 1.165) is 5.57 Å². The van der Waals surface area contributed by atoms with Gasteiger partial charge in [0.05, 0.1) is 7.11 Å². The van der Waals surface area contributed by atoms with E-state index in [1.54, 1.807) is 10.8 Å². The van der Waals surface area contributed by atoms with Gasteiger partial charge in [0.1, 0.15) is 5.82 Å². The molecule has 0 fully saturated rings. The highest BCUT2D eigenvalue weighted by Crippen LogP contribution is 2.10. The third-order valence-electron chi connectivity index (χ3n) is 1.65. The van der Waals surface area contributed by atoms with Crippen LogP contribution in [0.2, 0.25) is 0 Å². The van der Waals surface area contributed by atoms with Crippen molar-refractivity contribution >= 4 is 11.5 Å². The molecule has 0 amide bonds. The van der Waals surface area contributed by atoms with Gasteiger partial charge in [-0.25, -0.2) is 9.78 Å². The number of esters is 1. The van der Waals surface area contributed by atoms with Gasteiger partial charge < -0.3 is 9.30 Å². The molecule has 0 atom stereocenters. The summed E-state index contributed by atoms with van der Waals surface area (Å²) in [5.74, 6) is 0.267. The lowest BCUT2D eigenvalue weighted by molar-refractivity contribution is 0.0594. The lowest BCUT2D eigenvalue weighted by Gasteiger charge is -1.96. The number of carbonyl (C=O) groups excluding carboxylic acids is 1. The third kappa shape index (κ3) is 1.77. The number of hydrogen-bond acceptors (Lipinski definition) is 3. The molecule has 1 heterocycles. The molecule has 0 radical (unpaired) electrons. The van der Waals surface area contributed by atoms with E-state index < -0.39 is 5.97 Å². The Bertz CT molecular complexity index is 352. The minimum absolute atomic E-state index is 0.308. The first-order valence-electron chi connectivity index (χ1n) is 3.83. The van der Waals surface area contributed by atoms with Crippen LogP contribution in [0.25, 0.3) is 5.57 Å². The summed E-state index contributed by atoms with van der Waals surface area (Å²) in [6.45, 7) is 5.59. The Labute approximate surface area is 76.8 Å². The van der Waals surface area contributed by atoms with E-state index in [9.17, 15) is 4.79 Å². The normalized spacial score (nSPS) is 9.77. The molecule has 70 valence electrons. The topological polar surface area (TPSA) is 44.1 Å². The van der Waals surface area contributed by atoms with Crippen LogP contribution in [-0.2, 0) is 11.8 Å². The molecule has 1 aromatic rings. The quantitative estimate of drug-likeness (QED) is 0.643. The molecule has 0 aliphatic rings. The first-order valence-corrected chi connectivity index (χ1v) is 3.83. The summed E-state index contributed by atoms with van der Waals surface area (Å²) in [4.78, 5) is 15.1. The number of nitrogens with zero attached hydrogens (tertiary/aromatic N) is 2. The van der Waals surface area contributed by atoms with E-state index in [1.807, 2.05) is 14.0 Å². The first-order chi connectivity index (χ1) is 6.06. The van der Waals surface area contributed by atoms with Crippen LogP contribution in [0.15, 0.2) is 12.8 Å². The summed E-state index contributed by atoms with van der Waals surface area (Å²) in [6.07, 6.45) is 1.62. The second-order valence-electron chi connectivity index (χ2n) is 2.83. The van der Waals surface area contributed by atoms with Crippen LogP contribution in [-0.4, -0.2) is 22.6 Å². The van der Waals surface area contributed by atoms with Crippen molar-refractivity contribution in [1.29, 1.82) is 0 Å². The summed E-state index contributed by atoms with van der Waals surface area (Å²) in [5, 5.41) is 0. The number of aromatic nitrogens is 2. The Morgan fingerprint density at radius 1 is 1.69 bits per heavy atom. The molecule has 0 aromatic carbocycles. The maximum atomic E-state index is 11.1. The maximum absolute atomic E-state index is 11.1. The molecule has 0 aliphatic heterocycles. The van der Waals surface area contributed by atoms with Gasteiger partial charge in [0.2, 0.25) is 0 Å². The summed E-state index contributed by atoms with van der Waals surface area (Å²) in [6, 6.07) is 0. The number of allylic oxidation sites excluding steroid dienone is 1. The molecule has 0 saturated heterocycles. The highest BCUT2D eigenvalue weighted by Gasteiger charge is 2.12. The van der Waals surface area contributed by atoms with Crippen molar-refractivity contribution in [2.24, 2.45) is 7.05 Å². The lowest BCUT2D eigenvalue weighted by Crippen LogP contribution is -2.01. The number of methoxy groups -OCH3 is 1. The molecule has 4 nitrogen and oxygen atoms in total. The second-order valence-corrected chi connectivity index (χ2v) is 2.83. The van der Waals surface area contributed by atoms with Crippen molar-refractivity contribution in [3.05, 3.63) is 24.3 Å². The predicted molar refractivity (Wildman–Crippen MR) is 49.3 cm³/mol. The number of aryl methyl sites for hydroxylation is 1. The van der Waals surface area contributed by atoms with Crippen LogP contribution in [0.1, 0.15) is 23.2 Å². The van der Waals surface area contributed by atoms with Gasteiger partial charge in [-0.15, -0.1) is 0 Å². The molecule has 1 rings (SSSR count). The molecule has 0 unspecified atom stereocenters. The Morgan fingerprint density at radius 2 is 2.31 bits per heavy atom. The summed E-state index contributed by atoms with van der Waals surface area (Å²) < 4.78 is 6.28. The standard InChI is InChI=1S/C9H12N2O2/c1-6(2)8-10-7(5-11(8)3)9(12)13-4/h5H,1H2,2-4H3. The average Bonchev–Trinajstić information content (AvgIpc) is 2.46. The Balaban J connectivity index is 3.09. The lowest BCUT2D eigenvalue weighted by atomic mass is 10.3. The van der Waals surface area contributed by atoms with Gasteiger partial charge in [0.25, 0.3) is 0 Å². The van der Waals surface area contributed by atoms with Gasteiger partial charge in [-0.05, 0) is 12.5 Å². The first kappa shape index (κ1) is 9.51. The second kappa shape index (κ2) is 3.43. The van der Waals surface area contributed by atoms with Crippen LogP contribution in [0.4, 0.5) is 0 Å². The van der Waals surface area contributed by atoms with Crippen LogP contribution in [0, 0.1) is 0 Å². The number of ether oxygens (including phenoxy) is 1. The Morgan fingerprint density at radius 3 is 2.69 bits per heavy atom. The summed E-state index contributed by atoms with van der Waals surface area (Å²) in [5.41, 5.74) is 1.13. The number of hydrogen-bond donors (Lipinski definition) is 0. The molecule has 1 aromatic heterocycles. The highest BCUT2D eigenvalue weighted by molar-refractivity contribution is 5.87. The van der Waals surface area contributed by atoms with Crippen molar-refractivity contribution in [3.8, 4) is 0 Å². The zero-order valence-corrected chi connectivity index (χ0v) is 8.00. The van der Waals surface area contributed by atoms with Gasteiger partial charge in [-0.3, -0.25) is 0 Å². The van der Waals surface area contributed by atoms with Crippen LogP contribution >= 0.6 is 0 Å². The van der Waals surface area contributed by atoms with Crippen LogP contribution in [0.5, 0.6) is 0 Å². The fourth-order valence-corrected chi connectivity index (χ4v) is 1.07. The number of carbonyl (C=O) groups is 1. The fourth-order valence-electron chi connectivity index (χ4n) is 1.07. The minimum Gasteiger partial charge on any atom is -0.464 e. The third-order valence-corrected chi connectivity index (χ3v) is 1.65. The largest absolute Gasteiger partial charge is 0.464 e. The van der Waals surface area contributed by atoms with Crippen molar-refractivity contribution in [2.45, 2.75) is 6.92 Å².